The number of carboxylic acid groups (broad SMARTS) is 1. The average Bonchev–Trinajstić information content (AvgIpc) is 0.863. The first-order valence-electron chi connectivity index (χ1n) is 38.9. The number of alkyl carbamates (subject to hydrolysis) is 5. The molecule has 0 bridgehead atoms. The Morgan fingerprint density at radius 1 is 0.403 bits per heavy atom. The van der Waals surface area contributed by atoms with Crippen molar-refractivity contribution in [1.29, 1.82) is 10.5 Å². The summed E-state index contributed by atoms with van der Waals surface area (Å²) in [5.74, 6) is -3.11. The van der Waals surface area contributed by atoms with E-state index in [9.17, 15) is 124 Å². The Hall–Kier alpha value is -13.2. The molecule has 0 heterocycles. The molecular weight excluding hydrogens is 1820 g/mol. The summed E-state index contributed by atoms with van der Waals surface area (Å²) < 4.78 is 25.3. The number of nitrogens with one attached hydrogen (secondary N) is 5. The standard InChI is InChI=1S/C15H21N3O6.C15H19N3O5.C14H18N2O6.C14H20N2O5.C14H18N2O5.C10H13N3O4.CN.ClH.K.H2O2/c1-15(2,3)24-14(21)17-11(12(19)13(16)20)8-9-4-6-10(7-5-9)18(22)23;1-15(2,3)23-14(20)17-12(13(19)9-16)8-10-4-6-11(7-5-10)18(21)22;1-14(2,3)22-13(19)15-11(12(17)18)8-9-4-6-10(7-5-9)16(20)21;2*1-14(2,3)21-13(18)15-11(9-17)8-10-4-6-12(7-5-10)16(19)20;11-8(9(14)10(12)15)5-6-1-3-7(4-2-6)13(16)17;1-2;;;1-2/h4-7,11-12,19H,8H2,1-3H3,(H2,16,20)(H,17,21);4-7,12-13,19H,8H2,1-3H3,(H,17,20);4-7,11H,8H2,1-3H3,(H,15,19)(H,17,18);4-7,11,17H,8-9H2,1-3H3,(H,15,18);4-7,9,11H,8H2,1-3H3,(H,15,18);1-4,8-9,14H,5,11H2,(H2,12,15);;1H;;1-2H/q;;;;;;-1;;+1;. The maximum absolute atomic E-state index is 11.8. The Morgan fingerprint density at radius 3 is 0.881 bits per heavy atom. The third kappa shape index (κ3) is 57.2. The number of nitro benzene ring substituents is 6. The molecule has 0 saturated carbocycles. The summed E-state index contributed by atoms with van der Waals surface area (Å²) in [5, 5.41) is 150. The number of nitro groups is 6. The molecule has 6 aromatic carbocycles. The number of carbonyl (C=O) groups excluding carboxylic acids is 8. The van der Waals surface area contributed by atoms with Gasteiger partial charge in [0, 0.05) is 85.3 Å². The minimum absolute atomic E-state index is 0. The molecule has 0 saturated heterocycles. The number of nitrogens with two attached hydrogens (primary N) is 3. The molecule has 6 aromatic rings. The second-order valence-electron chi connectivity index (χ2n) is 32.7. The van der Waals surface area contributed by atoms with Crippen molar-refractivity contribution < 1.29 is 184 Å². The third-order valence-electron chi connectivity index (χ3n) is 15.7. The van der Waals surface area contributed by atoms with E-state index in [4.69, 9.17) is 73.6 Å². The van der Waals surface area contributed by atoms with Crippen LogP contribution in [0.5, 0.6) is 0 Å². The number of aldehydes is 1. The smallest absolute Gasteiger partial charge is 0.512 e. The third-order valence-corrected chi connectivity index (χ3v) is 15.7. The van der Waals surface area contributed by atoms with Gasteiger partial charge in [0.05, 0.1) is 66.4 Å². The quantitative estimate of drug-likeness (QED) is 0.00346. The Morgan fingerprint density at radius 2 is 0.634 bits per heavy atom. The van der Waals surface area contributed by atoms with Crippen molar-refractivity contribution in [1.82, 2.24) is 26.6 Å². The SMILES string of the molecule is CC(C)(C)OC(=O)NC(C=O)Cc1ccc([N+](=O)[O-])cc1.CC(C)(C)OC(=O)NC(CO)Cc1ccc([N+](=O)[O-])cc1.CC(C)(C)OC(=O)NC(Cc1ccc([N+](=O)[O-])cc1)C(=O)O.CC(C)(C)OC(=O)NC(Cc1ccc([N+](=O)[O-])cc1)C(O)C#N.CC(C)(C)OC(=O)NC(Cc1ccc([N+](=O)[O-])cc1)C(O)C(N)=O.Cl.NC(=O)C(O)C(N)Cc1ccc([N+](=O)[O-])cc1.OO.[C-]#N.[K+]. The van der Waals surface area contributed by atoms with Crippen LogP contribution < -0.4 is 95.2 Å². The van der Waals surface area contributed by atoms with Crippen LogP contribution in [-0.4, -0.2) is 209 Å². The molecule has 0 spiro atoms. The fourth-order valence-corrected chi connectivity index (χ4v) is 9.97. The molecule has 7 amide bonds. The van der Waals surface area contributed by atoms with Gasteiger partial charge in [0.1, 0.15) is 46.4 Å². The molecule has 0 aliphatic carbocycles. The maximum atomic E-state index is 11.8. The van der Waals surface area contributed by atoms with Gasteiger partial charge in [-0.05, 0) is 169 Å². The summed E-state index contributed by atoms with van der Waals surface area (Å²) in [6.45, 7) is 30.0. The zero-order chi connectivity index (χ0) is 102. The summed E-state index contributed by atoms with van der Waals surface area (Å²) in [4.78, 5) is 163. The van der Waals surface area contributed by atoms with E-state index >= 15 is 0 Å². The molecule has 49 nitrogen and oxygen atoms in total. The molecule has 134 heavy (non-hydrogen) atoms. The van der Waals surface area contributed by atoms with E-state index in [0.717, 1.165) is 5.56 Å². The summed E-state index contributed by atoms with van der Waals surface area (Å²) in [6.07, 6.45) is -6.60. The number of nitrogens with zero attached hydrogens (tertiary/aromatic N) is 8. The van der Waals surface area contributed by atoms with Gasteiger partial charge in [-0.25, -0.2) is 28.8 Å². The van der Waals surface area contributed by atoms with Crippen LogP contribution in [0.1, 0.15) is 137 Å². The second kappa shape index (κ2) is 62.2. The number of amides is 7. The van der Waals surface area contributed by atoms with Gasteiger partial charge in [-0.1, -0.05) is 72.8 Å². The monoisotopic (exact) mass is 1930 g/mol. The minimum Gasteiger partial charge on any atom is -0.512 e. The van der Waals surface area contributed by atoms with Gasteiger partial charge in [0.15, 0.2) is 12.2 Å². The van der Waals surface area contributed by atoms with Crippen molar-refractivity contribution in [3.05, 3.63) is 246 Å². The van der Waals surface area contributed by atoms with Crippen LogP contribution in [0.15, 0.2) is 146 Å². The van der Waals surface area contributed by atoms with E-state index in [-0.39, 0.29) is 137 Å². The van der Waals surface area contributed by atoms with Crippen LogP contribution in [0, 0.1) is 83.9 Å². The number of carbonyl (C=O) groups is 9. The number of non-ortho nitro benzene ring substituents is 6. The Kier molecular flexibility index (Phi) is 59.0. The Bertz CT molecular complexity index is 4810. The number of aliphatic hydroxyl groups is 4. The molecule has 730 valence electrons. The average molecular weight is 1940 g/mol. The number of primary amides is 2. The Balaban J connectivity index is -0.000000750. The van der Waals surface area contributed by atoms with Gasteiger partial charge >= 0.3 is 87.8 Å². The first-order chi connectivity index (χ1) is 61.0. The van der Waals surface area contributed by atoms with Crippen molar-refractivity contribution in [2.75, 3.05) is 6.61 Å². The first kappa shape index (κ1) is 127. The van der Waals surface area contributed by atoms with Crippen molar-refractivity contribution in [3.8, 4) is 6.07 Å². The van der Waals surface area contributed by atoms with Crippen LogP contribution in [-0.2, 0) is 81.4 Å². The number of carboxylic acids is 1. The zero-order valence-electron chi connectivity index (χ0n) is 76.0. The van der Waals surface area contributed by atoms with E-state index in [1.807, 2.05) is 0 Å². The van der Waals surface area contributed by atoms with Gasteiger partial charge < -0.3 is 110 Å². The van der Waals surface area contributed by atoms with Crippen LogP contribution in [0.2, 0.25) is 0 Å². The van der Waals surface area contributed by atoms with Gasteiger partial charge in [0.25, 0.3) is 34.1 Å². The number of halogens is 1. The van der Waals surface area contributed by atoms with Gasteiger partial charge in [-0.15, -0.1) is 12.4 Å². The topological polar surface area (TPSA) is 786 Å². The van der Waals surface area contributed by atoms with E-state index in [1.165, 1.54) is 121 Å². The molecular formula is C83H112ClKN16O33. The predicted octanol–water partition coefficient (Wildman–Crippen LogP) is 6.01. The summed E-state index contributed by atoms with van der Waals surface area (Å²) in [5.41, 5.74) is 15.7. The molecule has 0 fully saturated rings. The normalized spacial score (nSPS) is 12.5. The second-order valence-corrected chi connectivity index (χ2v) is 32.7. The van der Waals surface area contributed by atoms with Crippen molar-refractivity contribution in [3.63, 3.8) is 0 Å². The van der Waals surface area contributed by atoms with Crippen LogP contribution in [0.3, 0.4) is 0 Å². The number of benzene rings is 6. The van der Waals surface area contributed by atoms with E-state index in [1.54, 1.807) is 134 Å². The number of hydrogen-bond acceptors (Lipinski definition) is 35. The van der Waals surface area contributed by atoms with E-state index < -0.39 is 160 Å². The summed E-state index contributed by atoms with van der Waals surface area (Å²) in [7, 11) is 0. The van der Waals surface area contributed by atoms with Crippen molar-refractivity contribution >= 4 is 101 Å². The molecule has 0 radical (unpaired) electrons. The Labute approximate surface area is 817 Å². The molecule has 9 unspecified atom stereocenters. The summed E-state index contributed by atoms with van der Waals surface area (Å²) >= 11 is 0. The number of aliphatic hydroxyl groups excluding tert-OH is 4. The number of ether oxygens (including phenoxy) is 5. The van der Waals surface area contributed by atoms with Gasteiger partial charge in [0.2, 0.25) is 11.8 Å². The van der Waals surface area contributed by atoms with E-state index in [2.05, 4.69) is 26.6 Å². The van der Waals surface area contributed by atoms with Crippen molar-refractivity contribution in [2.45, 2.75) is 225 Å². The first-order valence-corrected chi connectivity index (χ1v) is 38.9. The van der Waals surface area contributed by atoms with Gasteiger partial charge in [-0.3, -0.25) is 80.8 Å². The number of hydrogen-bond donors (Lipinski definition) is 15. The fourth-order valence-electron chi connectivity index (χ4n) is 9.97. The number of aliphatic carboxylic acids is 1. The number of nitriles is 1. The maximum Gasteiger partial charge on any atom is 1.00 e. The van der Waals surface area contributed by atoms with Gasteiger partial charge in [-0.2, -0.15) is 5.26 Å². The zero-order valence-corrected chi connectivity index (χ0v) is 80.0. The van der Waals surface area contributed by atoms with E-state index in [0.29, 0.717) is 40.5 Å². The molecule has 6 rings (SSSR count). The van der Waals surface area contributed by atoms with Crippen molar-refractivity contribution in [2.24, 2.45) is 17.2 Å². The van der Waals surface area contributed by atoms with Crippen LogP contribution >= 0.6 is 12.4 Å². The van der Waals surface area contributed by atoms with Crippen LogP contribution in [0.25, 0.3) is 0 Å². The molecule has 0 aromatic heterocycles. The molecule has 0 aliphatic rings. The molecule has 18 N–H and O–H groups in total. The predicted molar refractivity (Wildman–Crippen MR) is 475 cm³/mol. The minimum atomic E-state index is -1.63. The van der Waals surface area contributed by atoms with Crippen LogP contribution in [0.4, 0.5) is 58.1 Å². The number of rotatable bonds is 31. The molecule has 9 atom stereocenters. The molecule has 51 heteroatoms. The summed E-state index contributed by atoms with van der Waals surface area (Å²) in [6, 6.07) is 30.5. The fraction of sp³-hybridized carbons (Fsp3) is 0.434. The largest absolute Gasteiger partial charge is 1.00 e. The molecule has 0 aliphatic heterocycles.